The predicted molar refractivity (Wildman–Crippen MR) is 91.8 cm³/mol. The summed E-state index contributed by atoms with van der Waals surface area (Å²) in [7, 11) is 0. The Hall–Kier alpha value is -1.59. The first-order chi connectivity index (χ1) is 11.0. The van der Waals surface area contributed by atoms with E-state index < -0.39 is 5.91 Å². The molecule has 2 amide bonds. The molecule has 0 radical (unpaired) electrons. The first-order valence-corrected chi connectivity index (χ1v) is 8.36. The van der Waals surface area contributed by atoms with Crippen LogP contribution in [-0.2, 0) is 9.59 Å². The highest BCUT2D eigenvalue weighted by Gasteiger charge is 2.17. The molecule has 0 heterocycles. The molecule has 0 aliphatic heterocycles. The van der Waals surface area contributed by atoms with E-state index in [0.29, 0.717) is 15.6 Å². The molecule has 0 unspecified atom stereocenters. The van der Waals surface area contributed by atoms with Crippen molar-refractivity contribution in [2.45, 2.75) is 44.6 Å². The van der Waals surface area contributed by atoms with Gasteiger partial charge in [0.05, 0.1) is 11.2 Å². The monoisotopic (exact) mass is 355 g/mol. The normalized spacial score (nSPS) is 15.6. The van der Waals surface area contributed by atoms with E-state index in [-0.39, 0.29) is 18.4 Å². The number of nitrogens with zero attached hydrogens (tertiary/aromatic N) is 1. The molecule has 0 atom stereocenters. The summed E-state index contributed by atoms with van der Waals surface area (Å²) < 4.78 is 0. The minimum Gasteiger partial charge on any atom is -0.353 e. The molecule has 1 aliphatic carbocycles. The number of hydrogen-bond donors (Lipinski definition) is 2. The molecule has 5 nitrogen and oxygen atoms in total. The predicted octanol–water partition coefficient (Wildman–Crippen LogP) is 3.28. The van der Waals surface area contributed by atoms with E-state index in [1.165, 1.54) is 12.6 Å². The van der Waals surface area contributed by atoms with Gasteiger partial charge in [-0.05, 0) is 25.0 Å². The number of halogens is 2. The second-order valence-electron chi connectivity index (χ2n) is 5.54. The number of amides is 2. The Kier molecular flexibility index (Phi) is 6.86. The molecule has 2 rings (SSSR count). The lowest BCUT2D eigenvalue weighted by Crippen LogP contribution is -2.38. The van der Waals surface area contributed by atoms with Crippen LogP contribution in [0.1, 0.15) is 44.1 Å². The van der Waals surface area contributed by atoms with E-state index >= 15 is 0 Å². The Labute approximate surface area is 145 Å². The number of carbonyl (C=O) groups is 2. The van der Waals surface area contributed by atoms with E-state index in [9.17, 15) is 9.59 Å². The van der Waals surface area contributed by atoms with Crippen LogP contribution in [0.2, 0.25) is 10.0 Å². The first kappa shape index (κ1) is 17.8. The summed E-state index contributed by atoms with van der Waals surface area (Å²) in [6.07, 6.45) is 6.63. The van der Waals surface area contributed by atoms with Gasteiger partial charge in [0.2, 0.25) is 11.8 Å². The standard InChI is InChI=1S/C16H19Cl2N3O2/c17-12-7-6-11(14(18)8-12)10-19-21-16(23)9-15(22)20-13-4-2-1-3-5-13/h6-8,10,13H,1-5,9H2,(H,20,22)(H,21,23). The lowest BCUT2D eigenvalue weighted by atomic mass is 9.95. The minimum atomic E-state index is -0.459. The molecule has 1 saturated carbocycles. The molecule has 1 aromatic carbocycles. The third kappa shape index (κ3) is 6.20. The molecule has 23 heavy (non-hydrogen) atoms. The van der Waals surface area contributed by atoms with Crippen molar-refractivity contribution in [2.75, 3.05) is 0 Å². The molecule has 0 spiro atoms. The summed E-state index contributed by atoms with van der Waals surface area (Å²) in [6.45, 7) is 0. The fourth-order valence-electron chi connectivity index (χ4n) is 2.49. The molecule has 124 valence electrons. The first-order valence-electron chi connectivity index (χ1n) is 7.61. The molecule has 0 saturated heterocycles. The molecular formula is C16H19Cl2N3O2. The molecule has 1 fully saturated rings. The highest BCUT2D eigenvalue weighted by Crippen LogP contribution is 2.19. The molecule has 1 aliphatic rings. The number of nitrogens with one attached hydrogen (secondary N) is 2. The Bertz CT molecular complexity index is 599. The van der Waals surface area contributed by atoms with Gasteiger partial charge in [-0.25, -0.2) is 5.43 Å². The number of carbonyl (C=O) groups excluding carboxylic acids is 2. The zero-order valence-electron chi connectivity index (χ0n) is 12.6. The number of hydrogen-bond acceptors (Lipinski definition) is 3. The van der Waals surface area contributed by atoms with E-state index in [4.69, 9.17) is 23.2 Å². The van der Waals surface area contributed by atoms with Crippen LogP contribution in [0.15, 0.2) is 23.3 Å². The van der Waals surface area contributed by atoms with Crippen molar-refractivity contribution in [3.8, 4) is 0 Å². The molecule has 1 aromatic rings. The van der Waals surface area contributed by atoms with Crippen LogP contribution in [-0.4, -0.2) is 24.1 Å². The van der Waals surface area contributed by atoms with Gasteiger partial charge in [0.15, 0.2) is 0 Å². The van der Waals surface area contributed by atoms with Gasteiger partial charge < -0.3 is 5.32 Å². The highest BCUT2D eigenvalue weighted by molar-refractivity contribution is 6.36. The van der Waals surface area contributed by atoms with Crippen LogP contribution in [0.25, 0.3) is 0 Å². The van der Waals surface area contributed by atoms with Crippen LogP contribution in [0, 0.1) is 0 Å². The van der Waals surface area contributed by atoms with Gasteiger partial charge in [0.25, 0.3) is 0 Å². The molecule has 0 aromatic heterocycles. The van der Waals surface area contributed by atoms with Gasteiger partial charge in [-0.3, -0.25) is 9.59 Å². The largest absolute Gasteiger partial charge is 0.353 e. The lowest BCUT2D eigenvalue weighted by Gasteiger charge is -2.22. The fraction of sp³-hybridized carbons (Fsp3) is 0.438. The summed E-state index contributed by atoms with van der Waals surface area (Å²) in [5, 5.41) is 7.64. The van der Waals surface area contributed by atoms with Gasteiger partial charge in [0, 0.05) is 16.6 Å². The van der Waals surface area contributed by atoms with Crippen molar-refractivity contribution < 1.29 is 9.59 Å². The molecular weight excluding hydrogens is 337 g/mol. The van der Waals surface area contributed by atoms with Crippen molar-refractivity contribution >= 4 is 41.2 Å². The van der Waals surface area contributed by atoms with Crippen molar-refractivity contribution in [1.29, 1.82) is 0 Å². The lowest BCUT2D eigenvalue weighted by molar-refractivity contribution is -0.129. The number of hydrazone groups is 1. The zero-order valence-corrected chi connectivity index (χ0v) is 14.2. The topological polar surface area (TPSA) is 70.6 Å². The average molecular weight is 356 g/mol. The SMILES string of the molecule is O=C(CC(=O)NC1CCCCC1)NN=Cc1ccc(Cl)cc1Cl. The van der Waals surface area contributed by atoms with E-state index in [2.05, 4.69) is 15.8 Å². The second kappa shape index (κ2) is 8.89. The fourth-order valence-corrected chi connectivity index (χ4v) is 2.95. The van der Waals surface area contributed by atoms with Crippen LogP contribution >= 0.6 is 23.2 Å². The highest BCUT2D eigenvalue weighted by atomic mass is 35.5. The van der Waals surface area contributed by atoms with Crippen LogP contribution < -0.4 is 10.7 Å². The second-order valence-corrected chi connectivity index (χ2v) is 6.38. The molecule has 2 N–H and O–H groups in total. The van der Waals surface area contributed by atoms with Crippen LogP contribution in [0.3, 0.4) is 0 Å². The van der Waals surface area contributed by atoms with Crippen molar-refractivity contribution in [3.63, 3.8) is 0 Å². The number of rotatable bonds is 5. The van der Waals surface area contributed by atoms with Crippen LogP contribution in [0.5, 0.6) is 0 Å². The quantitative estimate of drug-likeness (QED) is 0.483. The Morgan fingerprint density at radius 3 is 2.61 bits per heavy atom. The van der Waals surface area contributed by atoms with Gasteiger partial charge in [-0.1, -0.05) is 48.5 Å². The maximum Gasteiger partial charge on any atom is 0.249 e. The minimum absolute atomic E-state index is 0.195. The van der Waals surface area contributed by atoms with E-state index in [1.807, 2.05) is 0 Å². The number of benzene rings is 1. The Morgan fingerprint density at radius 1 is 1.17 bits per heavy atom. The van der Waals surface area contributed by atoms with Crippen molar-refractivity contribution in [1.82, 2.24) is 10.7 Å². The van der Waals surface area contributed by atoms with Crippen molar-refractivity contribution in [2.24, 2.45) is 5.10 Å². The summed E-state index contributed by atoms with van der Waals surface area (Å²) >= 11 is 11.8. The summed E-state index contributed by atoms with van der Waals surface area (Å²) in [6, 6.07) is 5.15. The van der Waals surface area contributed by atoms with Gasteiger partial charge in [-0.15, -0.1) is 0 Å². The Morgan fingerprint density at radius 2 is 1.91 bits per heavy atom. The van der Waals surface area contributed by atoms with Gasteiger partial charge in [0.1, 0.15) is 6.42 Å². The third-order valence-corrected chi connectivity index (χ3v) is 4.21. The Balaban J connectivity index is 1.75. The van der Waals surface area contributed by atoms with Crippen LogP contribution in [0.4, 0.5) is 0 Å². The summed E-state index contributed by atoms with van der Waals surface area (Å²) in [5.41, 5.74) is 2.95. The van der Waals surface area contributed by atoms with E-state index in [1.54, 1.807) is 18.2 Å². The molecule has 0 bridgehead atoms. The maximum absolute atomic E-state index is 11.8. The summed E-state index contributed by atoms with van der Waals surface area (Å²) in [4.78, 5) is 23.5. The maximum atomic E-state index is 11.8. The molecule has 7 heteroatoms. The third-order valence-electron chi connectivity index (χ3n) is 3.65. The van der Waals surface area contributed by atoms with Crippen molar-refractivity contribution in [3.05, 3.63) is 33.8 Å². The van der Waals surface area contributed by atoms with Gasteiger partial charge in [-0.2, -0.15) is 5.10 Å². The van der Waals surface area contributed by atoms with Gasteiger partial charge >= 0.3 is 0 Å². The smallest absolute Gasteiger partial charge is 0.249 e. The average Bonchev–Trinajstić information content (AvgIpc) is 2.50. The zero-order chi connectivity index (χ0) is 16.7. The summed E-state index contributed by atoms with van der Waals surface area (Å²) in [5.74, 6) is -0.728. The van der Waals surface area contributed by atoms with E-state index in [0.717, 1.165) is 25.7 Å².